The fraction of sp³-hybridized carbons (Fsp3) is 0.562. The molecule has 0 radical (unpaired) electrons. The van der Waals surface area contributed by atoms with Gasteiger partial charge in [0.15, 0.2) is 0 Å². The first-order chi connectivity index (χ1) is 9.11. The fourth-order valence-electron chi connectivity index (χ4n) is 2.88. The molecule has 2 rings (SSSR count). The molecule has 19 heavy (non-hydrogen) atoms. The molecule has 1 aliphatic carbocycles. The maximum absolute atomic E-state index is 12.2. The zero-order valence-electron chi connectivity index (χ0n) is 11.7. The molecule has 1 amide bonds. The predicted molar refractivity (Wildman–Crippen MR) is 79.8 cm³/mol. The van der Waals surface area contributed by atoms with Gasteiger partial charge in [0.25, 0.3) is 5.91 Å². The van der Waals surface area contributed by atoms with Gasteiger partial charge >= 0.3 is 0 Å². The molecule has 0 saturated heterocycles. The third-order valence-corrected chi connectivity index (χ3v) is 4.57. The second-order valence-electron chi connectivity index (χ2n) is 5.63. The molecule has 1 aromatic carbocycles. The van der Waals surface area contributed by atoms with Crippen molar-refractivity contribution in [3.05, 3.63) is 34.9 Å². The lowest BCUT2D eigenvalue weighted by molar-refractivity contribution is 0.0944. The van der Waals surface area contributed by atoms with Gasteiger partial charge in [0.1, 0.15) is 0 Å². The molecule has 0 spiro atoms. The van der Waals surface area contributed by atoms with Crippen LogP contribution < -0.4 is 5.32 Å². The van der Waals surface area contributed by atoms with Gasteiger partial charge in [-0.2, -0.15) is 0 Å². The molecule has 1 saturated carbocycles. The van der Waals surface area contributed by atoms with E-state index < -0.39 is 0 Å². The molecule has 3 heteroatoms. The Kier molecular flexibility index (Phi) is 4.87. The topological polar surface area (TPSA) is 29.1 Å². The van der Waals surface area contributed by atoms with E-state index in [1.807, 2.05) is 32.0 Å². The first-order valence-corrected chi connectivity index (χ1v) is 7.56. The van der Waals surface area contributed by atoms with Crippen LogP contribution in [0.4, 0.5) is 0 Å². The van der Waals surface area contributed by atoms with Crippen LogP contribution in [0.3, 0.4) is 0 Å². The highest BCUT2D eigenvalue weighted by molar-refractivity contribution is 6.18. The summed E-state index contributed by atoms with van der Waals surface area (Å²) in [7, 11) is 0. The molecule has 0 heterocycles. The molecular formula is C16H22ClNO. The number of carbonyl (C=O) groups excluding carboxylic acids is 1. The summed E-state index contributed by atoms with van der Waals surface area (Å²) in [4.78, 5) is 12.2. The highest BCUT2D eigenvalue weighted by Gasteiger charge is 2.26. The zero-order chi connectivity index (χ0) is 13.8. The second kappa shape index (κ2) is 6.42. The summed E-state index contributed by atoms with van der Waals surface area (Å²) in [5, 5.41) is 3.08. The van der Waals surface area contributed by atoms with Crippen LogP contribution in [-0.4, -0.2) is 18.3 Å². The third kappa shape index (κ3) is 3.50. The quantitative estimate of drug-likeness (QED) is 0.837. The number of carbonyl (C=O) groups is 1. The molecule has 2 unspecified atom stereocenters. The van der Waals surface area contributed by atoms with Crippen LogP contribution in [0, 0.1) is 25.7 Å². The van der Waals surface area contributed by atoms with Crippen molar-refractivity contribution in [2.45, 2.75) is 33.1 Å². The Morgan fingerprint density at radius 1 is 1.32 bits per heavy atom. The summed E-state index contributed by atoms with van der Waals surface area (Å²) in [6.45, 7) is 4.74. The lowest BCUT2D eigenvalue weighted by Crippen LogP contribution is -2.31. The molecule has 0 aliphatic heterocycles. The number of nitrogens with one attached hydrogen (secondary N) is 1. The number of halogens is 1. The molecule has 1 aromatic rings. The Bertz CT molecular complexity index is 458. The normalized spacial score (nSPS) is 22.5. The number of amides is 1. The first-order valence-electron chi connectivity index (χ1n) is 7.03. The minimum Gasteiger partial charge on any atom is -0.352 e. The van der Waals surface area contributed by atoms with Gasteiger partial charge in [-0.1, -0.05) is 24.1 Å². The maximum Gasteiger partial charge on any atom is 0.251 e. The second-order valence-corrected chi connectivity index (χ2v) is 5.94. The molecular weight excluding hydrogens is 258 g/mol. The minimum atomic E-state index is 0.0430. The van der Waals surface area contributed by atoms with Gasteiger partial charge in [-0.05, 0) is 50.2 Å². The molecule has 1 aliphatic rings. The van der Waals surface area contributed by atoms with Crippen molar-refractivity contribution >= 4 is 17.5 Å². The van der Waals surface area contributed by atoms with Crippen molar-refractivity contribution in [1.29, 1.82) is 0 Å². The van der Waals surface area contributed by atoms with Gasteiger partial charge in [0.05, 0.1) is 0 Å². The van der Waals surface area contributed by atoms with Crippen LogP contribution in [-0.2, 0) is 0 Å². The van der Waals surface area contributed by atoms with E-state index in [9.17, 15) is 4.79 Å². The van der Waals surface area contributed by atoms with Crippen molar-refractivity contribution in [2.75, 3.05) is 12.4 Å². The summed E-state index contributed by atoms with van der Waals surface area (Å²) in [6.07, 6.45) is 3.62. The van der Waals surface area contributed by atoms with Gasteiger partial charge in [-0.25, -0.2) is 0 Å². The fourth-order valence-corrected chi connectivity index (χ4v) is 3.29. The van der Waals surface area contributed by atoms with Crippen molar-refractivity contribution in [3.63, 3.8) is 0 Å². The summed E-state index contributed by atoms with van der Waals surface area (Å²) in [6, 6.07) is 5.99. The predicted octanol–water partition coefficient (Wildman–Crippen LogP) is 3.69. The van der Waals surface area contributed by atoms with Gasteiger partial charge in [-0.3, -0.25) is 4.79 Å². The molecule has 0 aromatic heterocycles. The molecule has 2 nitrogen and oxygen atoms in total. The highest BCUT2D eigenvalue weighted by atomic mass is 35.5. The van der Waals surface area contributed by atoms with E-state index in [-0.39, 0.29) is 5.91 Å². The SMILES string of the molecule is Cc1ccc(C)c(C(=O)NCC2CCCC2CCl)c1. The van der Waals surface area contributed by atoms with Crippen LogP contribution in [0.25, 0.3) is 0 Å². The molecule has 0 bridgehead atoms. The van der Waals surface area contributed by atoms with E-state index in [2.05, 4.69) is 5.32 Å². The lowest BCUT2D eigenvalue weighted by Gasteiger charge is -2.18. The summed E-state index contributed by atoms with van der Waals surface area (Å²) in [5.74, 6) is 1.87. The lowest BCUT2D eigenvalue weighted by atomic mass is 9.97. The third-order valence-electron chi connectivity index (χ3n) is 4.18. The minimum absolute atomic E-state index is 0.0430. The Morgan fingerprint density at radius 2 is 2.05 bits per heavy atom. The number of alkyl halides is 1. The number of hydrogen-bond donors (Lipinski definition) is 1. The smallest absolute Gasteiger partial charge is 0.251 e. The van der Waals surface area contributed by atoms with E-state index in [1.54, 1.807) is 0 Å². The van der Waals surface area contributed by atoms with E-state index in [1.165, 1.54) is 19.3 Å². The van der Waals surface area contributed by atoms with Crippen molar-refractivity contribution in [3.8, 4) is 0 Å². The monoisotopic (exact) mass is 279 g/mol. The van der Waals surface area contributed by atoms with Crippen LogP contribution in [0.5, 0.6) is 0 Å². The molecule has 1 N–H and O–H groups in total. The number of aryl methyl sites for hydroxylation is 2. The van der Waals surface area contributed by atoms with Crippen molar-refractivity contribution in [1.82, 2.24) is 5.32 Å². The van der Waals surface area contributed by atoms with Gasteiger partial charge in [0.2, 0.25) is 0 Å². The number of rotatable bonds is 4. The van der Waals surface area contributed by atoms with Crippen LogP contribution >= 0.6 is 11.6 Å². The van der Waals surface area contributed by atoms with E-state index in [0.29, 0.717) is 17.7 Å². The van der Waals surface area contributed by atoms with E-state index in [4.69, 9.17) is 11.6 Å². The first kappa shape index (κ1) is 14.4. The largest absolute Gasteiger partial charge is 0.352 e. The number of benzene rings is 1. The maximum atomic E-state index is 12.2. The Morgan fingerprint density at radius 3 is 2.79 bits per heavy atom. The van der Waals surface area contributed by atoms with Gasteiger partial charge in [0, 0.05) is 18.0 Å². The molecule has 1 fully saturated rings. The van der Waals surface area contributed by atoms with Crippen molar-refractivity contribution < 1.29 is 4.79 Å². The average molecular weight is 280 g/mol. The standard InChI is InChI=1S/C16H22ClNO/c1-11-6-7-12(2)15(8-11)16(19)18-10-14-5-3-4-13(14)9-17/h6-8,13-14H,3-5,9-10H2,1-2H3,(H,18,19). The molecule has 104 valence electrons. The van der Waals surface area contributed by atoms with E-state index >= 15 is 0 Å². The summed E-state index contributed by atoms with van der Waals surface area (Å²) < 4.78 is 0. The Labute approximate surface area is 120 Å². The van der Waals surface area contributed by atoms with E-state index in [0.717, 1.165) is 23.2 Å². The van der Waals surface area contributed by atoms with Gasteiger partial charge in [-0.15, -0.1) is 11.6 Å². The number of hydrogen-bond acceptors (Lipinski definition) is 1. The van der Waals surface area contributed by atoms with Crippen molar-refractivity contribution in [2.24, 2.45) is 11.8 Å². The van der Waals surface area contributed by atoms with Crippen LogP contribution in [0.15, 0.2) is 18.2 Å². The summed E-state index contributed by atoms with van der Waals surface area (Å²) >= 11 is 5.97. The van der Waals surface area contributed by atoms with Gasteiger partial charge < -0.3 is 5.32 Å². The highest BCUT2D eigenvalue weighted by Crippen LogP contribution is 2.32. The van der Waals surface area contributed by atoms with Crippen LogP contribution in [0.2, 0.25) is 0 Å². The average Bonchev–Trinajstić information content (AvgIpc) is 2.86. The Hall–Kier alpha value is -1.02. The molecule has 2 atom stereocenters. The zero-order valence-corrected chi connectivity index (χ0v) is 12.5. The summed E-state index contributed by atoms with van der Waals surface area (Å²) in [5.41, 5.74) is 2.94. The Balaban J connectivity index is 1.96. The van der Waals surface area contributed by atoms with Crippen LogP contribution in [0.1, 0.15) is 40.7 Å².